The number of aromatic nitrogens is 3. The fraction of sp³-hybridized carbons (Fsp3) is 0.0455. The maximum Gasteiger partial charge on any atom is 0.490 e. The molecule has 0 aliphatic rings. The van der Waals surface area contributed by atoms with Crippen LogP contribution in [0.2, 0.25) is 0 Å². The molecule has 0 bridgehead atoms. The van der Waals surface area contributed by atoms with Crippen LogP contribution in [0.25, 0.3) is 22.4 Å². The van der Waals surface area contributed by atoms with Gasteiger partial charge in [0, 0.05) is 23.6 Å². The number of carbonyl (C=O) groups is 3. The molecule has 0 unspecified atom stereocenters. The molecule has 4 N–H and O–H groups in total. The minimum atomic E-state index is -5.08. The van der Waals surface area contributed by atoms with E-state index < -0.39 is 24.0 Å². The molecule has 0 fully saturated rings. The fourth-order valence-electron chi connectivity index (χ4n) is 2.69. The molecule has 2 aromatic carbocycles. The second kappa shape index (κ2) is 9.81. The van der Waals surface area contributed by atoms with Gasteiger partial charge in [0.25, 0.3) is 5.91 Å². The maximum atomic E-state index is 12.3. The first-order valence-electron chi connectivity index (χ1n) is 9.39. The molecule has 12 heteroatoms. The Morgan fingerprint density at radius 1 is 0.912 bits per heavy atom. The van der Waals surface area contributed by atoms with Gasteiger partial charge >= 0.3 is 18.1 Å². The Labute approximate surface area is 188 Å². The number of hydrogen-bond donors (Lipinski definition) is 4. The van der Waals surface area contributed by atoms with E-state index in [1.165, 1.54) is 18.5 Å². The Hall–Kier alpha value is -4.74. The molecular weight excluding hydrogens is 457 g/mol. The highest BCUT2D eigenvalue weighted by atomic mass is 19.4. The third-order valence-electron chi connectivity index (χ3n) is 4.30. The highest BCUT2D eigenvalue weighted by molar-refractivity contribution is 6.05. The van der Waals surface area contributed by atoms with E-state index in [1.54, 1.807) is 12.1 Å². The number of hydrogen-bond acceptors (Lipinski definition) is 5. The summed E-state index contributed by atoms with van der Waals surface area (Å²) in [5.74, 6) is -3.57. The minimum Gasteiger partial charge on any atom is -0.478 e. The number of para-hydroxylation sites is 2. The summed E-state index contributed by atoms with van der Waals surface area (Å²) >= 11 is 0. The number of nitrogens with one attached hydrogen (secondary N) is 2. The number of rotatable bonds is 4. The third kappa shape index (κ3) is 5.94. The lowest BCUT2D eigenvalue weighted by molar-refractivity contribution is -0.192. The summed E-state index contributed by atoms with van der Waals surface area (Å²) < 4.78 is 31.7. The van der Waals surface area contributed by atoms with Gasteiger partial charge in [-0.1, -0.05) is 12.1 Å². The van der Waals surface area contributed by atoms with Crippen molar-refractivity contribution in [1.82, 2.24) is 15.0 Å². The maximum absolute atomic E-state index is 12.3. The molecule has 0 atom stereocenters. The van der Waals surface area contributed by atoms with Gasteiger partial charge in [-0.3, -0.25) is 9.78 Å². The van der Waals surface area contributed by atoms with Gasteiger partial charge in [0.2, 0.25) is 0 Å². The number of aromatic amines is 1. The third-order valence-corrected chi connectivity index (χ3v) is 4.30. The summed E-state index contributed by atoms with van der Waals surface area (Å²) in [5, 5.41) is 18.8. The first kappa shape index (κ1) is 23.9. The number of carboxylic acid groups (broad SMARTS) is 2. The predicted molar refractivity (Wildman–Crippen MR) is 114 cm³/mol. The highest BCUT2D eigenvalue weighted by Crippen LogP contribution is 2.22. The van der Waals surface area contributed by atoms with Crippen molar-refractivity contribution in [2.24, 2.45) is 0 Å². The summed E-state index contributed by atoms with van der Waals surface area (Å²) in [5.41, 5.74) is 3.45. The van der Waals surface area contributed by atoms with Crippen molar-refractivity contribution in [3.8, 4) is 11.4 Å². The van der Waals surface area contributed by atoms with Crippen LogP contribution in [0.3, 0.4) is 0 Å². The summed E-state index contributed by atoms with van der Waals surface area (Å²) in [6.07, 6.45) is -2.56. The van der Waals surface area contributed by atoms with E-state index in [-0.39, 0.29) is 11.1 Å². The van der Waals surface area contributed by atoms with E-state index >= 15 is 0 Å². The number of carbonyl (C=O) groups excluding carboxylic acids is 1. The zero-order valence-electron chi connectivity index (χ0n) is 17.0. The lowest BCUT2D eigenvalue weighted by Crippen LogP contribution is -2.21. The van der Waals surface area contributed by atoms with E-state index in [1.807, 2.05) is 36.4 Å². The summed E-state index contributed by atoms with van der Waals surface area (Å²) in [7, 11) is 0. The fourth-order valence-corrected chi connectivity index (χ4v) is 2.69. The van der Waals surface area contributed by atoms with Crippen LogP contribution in [0.4, 0.5) is 18.9 Å². The highest BCUT2D eigenvalue weighted by Gasteiger charge is 2.38. The Kier molecular flexibility index (Phi) is 6.90. The Bertz CT molecular complexity index is 1320. The first-order chi connectivity index (χ1) is 16.0. The van der Waals surface area contributed by atoms with Crippen molar-refractivity contribution >= 4 is 34.6 Å². The molecule has 9 nitrogen and oxygen atoms in total. The van der Waals surface area contributed by atoms with Crippen molar-refractivity contribution in [2.45, 2.75) is 6.18 Å². The molecule has 0 aliphatic carbocycles. The number of imidazole rings is 1. The molecule has 0 spiro atoms. The van der Waals surface area contributed by atoms with Gasteiger partial charge in [-0.25, -0.2) is 14.6 Å². The normalized spacial score (nSPS) is 10.8. The van der Waals surface area contributed by atoms with Crippen LogP contribution < -0.4 is 5.32 Å². The first-order valence-corrected chi connectivity index (χ1v) is 9.39. The van der Waals surface area contributed by atoms with Crippen LogP contribution in [0.1, 0.15) is 20.7 Å². The number of amides is 1. The van der Waals surface area contributed by atoms with Crippen LogP contribution in [0.5, 0.6) is 0 Å². The number of benzene rings is 2. The number of pyridine rings is 1. The van der Waals surface area contributed by atoms with Crippen molar-refractivity contribution in [1.29, 1.82) is 0 Å². The van der Waals surface area contributed by atoms with E-state index in [4.69, 9.17) is 15.0 Å². The number of aromatic carboxylic acids is 1. The number of nitrogens with zero attached hydrogens (tertiary/aromatic N) is 2. The van der Waals surface area contributed by atoms with Crippen LogP contribution in [0.15, 0.2) is 67.0 Å². The number of carboxylic acids is 2. The molecule has 0 radical (unpaired) electrons. The minimum absolute atomic E-state index is 0.0390. The van der Waals surface area contributed by atoms with Crippen molar-refractivity contribution < 1.29 is 37.8 Å². The van der Waals surface area contributed by atoms with Gasteiger partial charge < -0.3 is 20.5 Å². The molecule has 0 saturated heterocycles. The zero-order valence-corrected chi connectivity index (χ0v) is 17.0. The molecular formula is C22H15F3N4O5. The van der Waals surface area contributed by atoms with Gasteiger partial charge in [-0.2, -0.15) is 13.2 Å². The van der Waals surface area contributed by atoms with Crippen LogP contribution in [0, 0.1) is 0 Å². The molecule has 174 valence electrons. The lowest BCUT2D eigenvalue weighted by atomic mass is 10.1. The summed E-state index contributed by atoms with van der Waals surface area (Å²) in [4.78, 5) is 43.8. The summed E-state index contributed by atoms with van der Waals surface area (Å²) in [6, 6.07) is 16.3. The Morgan fingerprint density at radius 2 is 1.53 bits per heavy atom. The zero-order chi connectivity index (χ0) is 24.9. The molecule has 4 rings (SSSR count). The molecule has 4 aromatic rings. The van der Waals surface area contributed by atoms with Crippen LogP contribution >= 0.6 is 0 Å². The average Bonchev–Trinajstić information content (AvgIpc) is 3.24. The largest absolute Gasteiger partial charge is 0.490 e. The second-order valence-electron chi connectivity index (χ2n) is 6.70. The van der Waals surface area contributed by atoms with Gasteiger partial charge in [-0.05, 0) is 42.5 Å². The van der Waals surface area contributed by atoms with Crippen molar-refractivity contribution in [2.75, 3.05) is 5.32 Å². The second-order valence-corrected chi connectivity index (χ2v) is 6.70. The van der Waals surface area contributed by atoms with E-state index in [0.717, 1.165) is 22.4 Å². The van der Waals surface area contributed by atoms with Gasteiger partial charge in [0.15, 0.2) is 0 Å². The standard InChI is InChI=1S/C20H14N4O3.C2HF3O2/c25-19(13-9-14(20(26)27)11-21-10-13)22-15-7-5-12(6-8-15)18-23-16-3-1-2-4-17(16)24-18;3-2(4,5)1(6)7/h1-11H,(H,22,25)(H,23,24)(H,26,27);(H,6,7). The Balaban J connectivity index is 0.000000406. The molecule has 2 heterocycles. The summed E-state index contributed by atoms with van der Waals surface area (Å²) in [6.45, 7) is 0. The molecule has 0 aliphatic heterocycles. The van der Waals surface area contributed by atoms with Crippen molar-refractivity contribution in [3.63, 3.8) is 0 Å². The topological polar surface area (TPSA) is 145 Å². The van der Waals surface area contributed by atoms with Gasteiger partial charge in [0.05, 0.1) is 22.2 Å². The lowest BCUT2D eigenvalue weighted by Gasteiger charge is -2.06. The van der Waals surface area contributed by atoms with Gasteiger partial charge in [-0.15, -0.1) is 0 Å². The molecule has 34 heavy (non-hydrogen) atoms. The molecule has 1 amide bonds. The monoisotopic (exact) mass is 472 g/mol. The predicted octanol–water partition coefficient (Wildman–Crippen LogP) is 4.21. The smallest absolute Gasteiger partial charge is 0.478 e. The molecule has 0 saturated carbocycles. The average molecular weight is 472 g/mol. The number of H-pyrrole nitrogens is 1. The number of alkyl halides is 3. The number of aliphatic carboxylic acids is 1. The van der Waals surface area contributed by atoms with E-state index in [2.05, 4.69) is 20.3 Å². The van der Waals surface area contributed by atoms with Crippen LogP contribution in [-0.4, -0.2) is 49.2 Å². The number of fused-ring (bicyclic) bond motifs is 1. The van der Waals surface area contributed by atoms with Crippen LogP contribution in [-0.2, 0) is 4.79 Å². The Morgan fingerprint density at radius 3 is 2.12 bits per heavy atom. The SMILES string of the molecule is O=C(O)C(F)(F)F.O=C(O)c1cncc(C(=O)Nc2ccc(-c3nc4ccccc4[nH]3)cc2)c1. The van der Waals surface area contributed by atoms with E-state index in [0.29, 0.717) is 5.69 Å². The molecule has 2 aromatic heterocycles. The van der Waals surface area contributed by atoms with Crippen molar-refractivity contribution in [3.05, 3.63) is 78.1 Å². The quantitative estimate of drug-likeness (QED) is 0.348. The van der Waals surface area contributed by atoms with E-state index in [9.17, 15) is 22.8 Å². The number of halogens is 3. The van der Waals surface area contributed by atoms with Gasteiger partial charge in [0.1, 0.15) is 5.82 Å². The number of anilines is 1.